The third-order valence-electron chi connectivity index (χ3n) is 3.83. The van der Waals surface area contributed by atoms with Gasteiger partial charge in [-0.3, -0.25) is 0 Å². The molecular formula is C17H13ClN2O3S. The number of aryl methyl sites for hydroxylation is 1. The molecule has 0 fully saturated rings. The Morgan fingerprint density at radius 1 is 1.25 bits per heavy atom. The van der Waals surface area contributed by atoms with Crippen LogP contribution in [0.25, 0.3) is 21.9 Å². The summed E-state index contributed by atoms with van der Waals surface area (Å²) >= 11 is 0. The van der Waals surface area contributed by atoms with E-state index in [4.69, 9.17) is 26.1 Å². The van der Waals surface area contributed by atoms with E-state index in [9.17, 15) is 8.42 Å². The van der Waals surface area contributed by atoms with E-state index in [1.165, 1.54) is 0 Å². The lowest BCUT2D eigenvalue weighted by atomic mass is 10.00. The summed E-state index contributed by atoms with van der Waals surface area (Å²) in [6, 6.07) is 12.4. The normalized spacial score (nSPS) is 11.6. The second kappa shape index (κ2) is 5.95. The maximum Gasteiger partial charge on any atom is 0.262 e. The van der Waals surface area contributed by atoms with Gasteiger partial charge in [-0.05, 0) is 29.5 Å². The summed E-state index contributed by atoms with van der Waals surface area (Å²) in [6.45, 7) is 1.82. The molecule has 0 aliphatic rings. The monoisotopic (exact) mass is 360 g/mol. The molecule has 2 aromatic carbocycles. The molecule has 1 heterocycles. The number of hydrogen-bond acceptors (Lipinski definition) is 5. The molecule has 0 saturated heterocycles. The molecule has 3 rings (SSSR count). The summed E-state index contributed by atoms with van der Waals surface area (Å²) in [5.74, 6) is 0.619. The van der Waals surface area contributed by atoms with Crippen LogP contribution in [0.15, 0.2) is 45.7 Å². The highest BCUT2D eigenvalue weighted by molar-refractivity contribution is 8.14. The van der Waals surface area contributed by atoms with Gasteiger partial charge in [0.2, 0.25) is 5.76 Å². The maximum atomic E-state index is 12.0. The van der Waals surface area contributed by atoms with Crippen LogP contribution in [0.3, 0.4) is 0 Å². The van der Waals surface area contributed by atoms with Gasteiger partial charge in [-0.25, -0.2) is 8.42 Å². The standard InChI is InChI=1S/C17H13ClN2O3S/c1-10-2-3-11-4-5-12(6-15(11)17(10)24(18,21)22)14-7-13(8-19)23-16(14)9-20/h2-7H,9,20H2,1H3. The number of nitrogens with zero attached hydrogens (tertiary/aromatic N) is 1. The van der Waals surface area contributed by atoms with E-state index in [1.54, 1.807) is 31.2 Å². The average molecular weight is 361 g/mol. The van der Waals surface area contributed by atoms with Gasteiger partial charge in [0.15, 0.2) is 0 Å². The lowest BCUT2D eigenvalue weighted by Crippen LogP contribution is -1.98. The molecule has 24 heavy (non-hydrogen) atoms. The van der Waals surface area contributed by atoms with Gasteiger partial charge < -0.3 is 10.2 Å². The van der Waals surface area contributed by atoms with Crippen molar-refractivity contribution in [3.05, 3.63) is 53.5 Å². The average Bonchev–Trinajstić information content (AvgIpc) is 2.96. The van der Waals surface area contributed by atoms with Gasteiger partial charge in [-0.2, -0.15) is 5.26 Å². The fraction of sp³-hybridized carbons (Fsp3) is 0.118. The number of hydrogen-bond donors (Lipinski definition) is 1. The number of nitriles is 1. The lowest BCUT2D eigenvalue weighted by molar-refractivity contribution is 0.502. The minimum absolute atomic E-state index is 0.0850. The minimum atomic E-state index is -3.90. The number of halogens is 1. The van der Waals surface area contributed by atoms with Crippen molar-refractivity contribution in [2.24, 2.45) is 5.73 Å². The highest BCUT2D eigenvalue weighted by Crippen LogP contribution is 2.34. The Morgan fingerprint density at radius 3 is 2.58 bits per heavy atom. The molecule has 0 unspecified atom stereocenters. The molecule has 7 heteroatoms. The van der Waals surface area contributed by atoms with Crippen molar-refractivity contribution >= 4 is 30.5 Å². The first-order valence-corrected chi connectivity index (χ1v) is 9.37. The van der Waals surface area contributed by atoms with Crippen molar-refractivity contribution in [1.29, 1.82) is 5.26 Å². The van der Waals surface area contributed by atoms with Crippen molar-refractivity contribution in [1.82, 2.24) is 0 Å². The van der Waals surface area contributed by atoms with E-state index in [0.29, 0.717) is 27.8 Å². The fourth-order valence-corrected chi connectivity index (χ4v) is 4.28. The van der Waals surface area contributed by atoms with Crippen LogP contribution >= 0.6 is 10.7 Å². The van der Waals surface area contributed by atoms with Crippen LogP contribution in [0.4, 0.5) is 0 Å². The van der Waals surface area contributed by atoms with Gasteiger partial charge in [0.1, 0.15) is 11.8 Å². The second-order valence-corrected chi connectivity index (χ2v) is 7.85. The van der Waals surface area contributed by atoms with Gasteiger partial charge >= 0.3 is 0 Å². The van der Waals surface area contributed by atoms with Crippen molar-refractivity contribution in [2.45, 2.75) is 18.4 Å². The van der Waals surface area contributed by atoms with Gasteiger partial charge in [0, 0.05) is 27.7 Å². The van der Waals surface area contributed by atoms with Crippen LogP contribution in [0, 0.1) is 18.3 Å². The van der Waals surface area contributed by atoms with Crippen LogP contribution in [-0.2, 0) is 15.6 Å². The molecule has 0 saturated carbocycles. The molecule has 5 nitrogen and oxygen atoms in total. The smallest absolute Gasteiger partial charge is 0.262 e. The highest BCUT2D eigenvalue weighted by Gasteiger charge is 2.19. The fourth-order valence-electron chi connectivity index (χ4n) is 2.77. The number of benzene rings is 2. The zero-order chi connectivity index (χ0) is 17.5. The molecule has 2 N–H and O–H groups in total. The summed E-state index contributed by atoms with van der Waals surface area (Å²) in [4.78, 5) is 0.0850. The maximum absolute atomic E-state index is 12.0. The SMILES string of the molecule is Cc1ccc2ccc(-c3cc(C#N)oc3CN)cc2c1S(=O)(=O)Cl. The molecule has 122 valence electrons. The third-order valence-corrected chi connectivity index (χ3v) is 5.32. The molecule has 0 amide bonds. The van der Waals surface area contributed by atoms with Crippen LogP contribution < -0.4 is 5.73 Å². The first kappa shape index (κ1) is 16.5. The predicted octanol–water partition coefficient (Wildman–Crippen LogP) is 3.67. The number of furan rings is 1. The molecule has 0 radical (unpaired) electrons. The van der Waals surface area contributed by atoms with Gasteiger partial charge in [0.25, 0.3) is 9.05 Å². The molecule has 1 aromatic heterocycles. The van der Waals surface area contributed by atoms with Crippen molar-refractivity contribution in [2.75, 3.05) is 0 Å². The van der Waals surface area contributed by atoms with Crippen molar-refractivity contribution < 1.29 is 12.8 Å². The summed E-state index contributed by atoms with van der Waals surface area (Å²) in [6.07, 6.45) is 0. The first-order valence-electron chi connectivity index (χ1n) is 7.06. The Labute approximate surface area is 143 Å². The van der Waals surface area contributed by atoms with E-state index in [2.05, 4.69) is 0 Å². The lowest BCUT2D eigenvalue weighted by Gasteiger charge is -2.09. The quantitative estimate of drug-likeness (QED) is 0.719. The Balaban J connectivity index is 2.33. The van der Waals surface area contributed by atoms with Gasteiger partial charge in [-0.15, -0.1) is 0 Å². The Kier molecular flexibility index (Phi) is 4.10. The van der Waals surface area contributed by atoms with Gasteiger partial charge in [-0.1, -0.05) is 24.3 Å². The second-order valence-electron chi connectivity index (χ2n) is 5.35. The summed E-state index contributed by atoms with van der Waals surface area (Å²) in [5.41, 5.74) is 7.61. The molecular weight excluding hydrogens is 348 g/mol. The largest absolute Gasteiger partial charge is 0.449 e. The number of fused-ring (bicyclic) bond motifs is 1. The zero-order valence-electron chi connectivity index (χ0n) is 12.7. The van der Waals surface area contributed by atoms with E-state index in [-0.39, 0.29) is 17.2 Å². The molecule has 0 aliphatic heterocycles. The van der Waals surface area contributed by atoms with Crippen LogP contribution in [0.1, 0.15) is 17.1 Å². The molecule has 0 bridgehead atoms. The number of rotatable bonds is 3. The minimum Gasteiger partial charge on any atom is -0.449 e. The zero-order valence-corrected chi connectivity index (χ0v) is 14.3. The highest BCUT2D eigenvalue weighted by atomic mass is 35.7. The molecule has 3 aromatic rings. The van der Waals surface area contributed by atoms with E-state index >= 15 is 0 Å². The first-order chi connectivity index (χ1) is 11.3. The predicted molar refractivity (Wildman–Crippen MR) is 92.0 cm³/mol. The Hall–Kier alpha value is -2.33. The van der Waals surface area contributed by atoms with Crippen molar-refractivity contribution in [3.8, 4) is 17.2 Å². The van der Waals surface area contributed by atoms with Crippen LogP contribution in [0.5, 0.6) is 0 Å². The topological polar surface area (TPSA) is 97.1 Å². The molecule has 0 aliphatic carbocycles. The Bertz CT molecular complexity index is 1090. The Morgan fingerprint density at radius 2 is 1.96 bits per heavy atom. The van der Waals surface area contributed by atoms with Crippen LogP contribution in [-0.4, -0.2) is 8.42 Å². The van der Waals surface area contributed by atoms with E-state index in [0.717, 1.165) is 5.39 Å². The molecule has 0 spiro atoms. The van der Waals surface area contributed by atoms with Crippen LogP contribution in [0.2, 0.25) is 0 Å². The summed E-state index contributed by atoms with van der Waals surface area (Å²) in [7, 11) is 1.71. The van der Waals surface area contributed by atoms with E-state index < -0.39 is 9.05 Å². The number of nitrogens with two attached hydrogens (primary N) is 1. The summed E-state index contributed by atoms with van der Waals surface area (Å²) < 4.78 is 29.3. The summed E-state index contributed by atoms with van der Waals surface area (Å²) in [5, 5.41) is 10.3. The molecule has 0 atom stereocenters. The van der Waals surface area contributed by atoms with E-state index in [1.807, 2.05) is 18.2 Å². The van der Waals surface area contributed by atoms with Crippen molar-refractivity contribution in [3.63, 3.8) is 0 Å². The third kappa shape index (κ3) is 2.78. The van der Waals surface area contributed by atoms with Gasteiger partial charge in [0.05, 0.1) is 11.4 Å².